The third-order valence-electron chi connectivity index (χ3n) is 3.43. The van der Waals surface area contributed by atoms with Crippen LogP contribution < -0.4 is 5.32 Å². The third-order valence-corrected chi connectivity index (χ3v) is 3.43. The average Bonchev–Trinajstić information content (AvgIpc) is 2.99. The predicted octanol–water partition coefficient (Wildman–Crippen LogP) is 2.01. The first-order valence-electron chi connectivity index (χ1n) is 6.99. The lowest BCUT2D eigenvalue weighted by atomic mass is 9.89. The van der Waals surface area contributed by atoms with Crippen LogP contribution in [0.25, 0.3) is 5.69 Å². The van der Waals surface area contributed by atoms with Gasteiger partial charge >= 0.3 is 0 Å². The Bertz CT molecular complexity index is 591. The first-order valence-corrected chi connectivity index (χ1v) is 6.99. The van der Waals surface area contributed by atoms with Crippen LogP contribution >= 0.6 is 0 Å². The fourth-order valence-electron chi connectivity index (χ4n) is 2.03. The number of nitrogens with one attached hydrogen (secondary N) is 1. The number of aromatic nitrogens is 2. The predicted molar refractivity (Wildman–Crippen MR) is 81.4 cm³/mol. The Labute approximate surface area is 124 Å². The van der Waals surface area contributed by atoms with E-state index in [1.54, 1.807) is 18.6 Å². The van der Waals surface area contributed by atoms with Gasteiger partial charge in [-0.25, -0.2) is 4.98 Å². The van der Waals surface area contributed by atoms with Crippen molar-refractivity contribution in [3.05, 3.63) is 48.5 Å². The van der Waals surface area contributed by atoms with E-state index in [-0.39, 0.29) is 17.9 Å². The molecule has 0 aliphatic carbocycles. The monoisotopic (exact) mass is 287 g/mol. The van der Waals surface area contributed by atoms with Crippen LogP contribution in [-0.2, 0) is 0 Å². The van der Waals surface area contributed by atoms with E-state index in [4.69, 9.17) is 5.11 Å². The van der Waals surface area contributed by atoms with Crippen LogP contribution in [0.2, 0.25) is 0 Å². The number of imidazole rings is 1. The molecule has 2 rings (SSSR count). The number of benzene rings is 1. The van der Waals surface area contributed by atoms with Gasteiger partial charge in [0.25, 0.3) is 5.91 Å². The van der Waals surface area contributed by atoms with Crippen LogP contribution in [0.5, 0.6) is 0 Å². The highest BCUT2D eigenvalue weighted by atomic mass is 16.3. The minimum atomic E-state index is -0.119. The van der Waals surface area contributed by atoms with Crippen molar-refractivity contribution in [2.24, 2.45) is 5.41 Å². The molecule has 0 radical (unpaired) electrons. The molecule has 21 heavy (non-hydrogen) atoms. The fraction of sp³-hybridized carbons (Fsp3) is 0.375. The lowest BCUT2D eigenvalue weighted by Gasteiger charge is -2.23. The molecule has 2 aromatic rings. The molecule has 0 spiro atoms. The smallest absolute Gasteiger partial charge is 0.251 e. The number of carbonyl (C=O) groups is 1. The number of hydrogen-bond donors (Lipinski definition) is 2. The van der Waals surface area contributed by atoms with E-state index in [1.165, 1.54) is 0 Å². The molecule has 0 saturated carbocycles. The largest absolute Gasteiger partial charge is 0.396 e. The average molecular weight is 287 g/mol. The zero-order valence-electron chi connectivity index (χ0n) is 12.4. The molecule has 0 unspecified atom stereocenters. The number of aliphatic hydroxyl groups is 1. The van der Waals surface area contributed by atoms with Crippen LogP contribution in [0.3, 0.4) is 0 Å². The maximum Gasteiger partial charge on any atom is 0.251 e. The third kappa shape index (κ3) is 4.16. The summed E-state index contributed by atoms with van der Waals surface area (Å²) in [4.78, 5) is 16.2. The molecule has 2 N–H and O–H groups in total. The van der Waals surface area contributed by atoms with E-state index < -0.39 is 0 Å². The first kappa shape index (κ1) is 15.3. The maximum absolute atomic E-state index is 12.2. The summed E-state index contributed by atoms with van der Waals surface area (Å²) in [5.74, 6) is -0.108. The maximum atomic E-state index is 12.2. The molecule has 5 heteroatoms. The van der Waals surface area contributed by atoms with Crippen molar-refractivity contribution in [1.82, 2.24) is 14.9 Å². The number of nitrogens with zero attached hydrogens (tertiary/aromatic N) is 2. The first-order chi connectivity index (χ1) is 10.0. The van der Waals surface area contributed by atoms with Crippen molar-refractivity contribution >= 4 is 5.91 Å². The van der Waals surface area contributed by atoms with E-state index in [0.717, 1.165) is 5.69 Å². The Balaban J connectivity index is 2.05. The standard InChI is InChI=1S/C16H21N3O2/c1-16(2,6-9-20)11-18-15(21)13-4-3-5-14(10-13)19-8-7-17-12-19/h3-5,7-8,10,12,20H,6,9,11H2,1-2H3,(H,18,21). The van der Waals surface area contributed by atoms with Crippen LogP contribution in [0.4, 0.5) is 0 Å². The summed E-state index contributed by atoms with van der Waals surface area (Å²) in [6, 6.07) is 7.39. The van der Waals surface area contributed by atoms with Gasteiger partial charge < -0.3 is 15.0 Å². The van der Waals surface area contributed by atoms with E-state index in [1.807, 2.05) is 42.8 Å². The van der Waals surface area contributed by atoms with Gasteiger partial charge in [0.05, 0.1) is 6.33 Å². The van der Waals surface area contributed by atoms with Crippen molar-refractivity contribution < 1.29 is 9.90 Å². The summed E-state index contributed by atoms with van der Waals surface area (Å²) in [7, 11) is 0. The van der Waals surface area contributed by atoms with Crippen LogP contribution in [0, 0.1) is 5.41 Å². The number of amides is 1. The molecular formula is C16H21N3O2. The summed E-state index contributed by atoms with van der Waals surface area (Å²) in [5, 5.41) is 11.9. The van der Waals surface area contributed by atoms with Crippen LogP contribution in [0.1, 0.15) is 30.6 Å². The van der Waals surface area contributed by atoms with Gasteiger partial charge in [-0.1, -0.05) is 19.9 Å². The van der Waals surface area contributed by atoms with E-state index in [0.29, 0.717) is 18.5 Å². The number of rotatable bonds is 6. The Hall–Kier alpha value is -2.14. The van der Waals surface area contributed by atoms with Gasteiger partial charge in [0.2, 0.25) is 0 Å². The zero-order chi connectivity index (χ0) is 15.3. The van der Waals surface area contributed by atoms with Crippen molar-refractivity contribution in [2.75, 3.05) is 13.2 Å². The molecule has 1 aromatic carbocycles. The second kappa shape index (κ2) is 6.54. The van der Waals surface area contributed by atoms with Gasteiger partial charge in [-0.15, -0.1) is 0 Å². The van der Waals surface area contributed by atoms with Gasteiger partial charge in [0, 0.05) is 36.8 Å². The van der Waals surface area contributed by atoms with Gasteiger partial charge in [-0.3, -0.25) is 4.79 Å². The van der Waals surface area contributed by atoms with Gasteiger partial charge in [-0.2, -0.15) is 0 Å². The SMILES string of the molecule is CC(C)(CCO)CNC(=O)c1cccc(-n2ccnc2)c1. The quantitative estimate of drug-likeness (QED) is 0.854. The number of carbonyl (C=O) groups excluding carboxylic acids is 1. The molecule has 1 heterocycles. The van der Waals surface area contributed by atoms with Crippen molar-refractivity contribution in [3.63, 3.8) is 0 Å². The number of hydrogen-bond acceptors (Lipinski definition) is 3. The highest BCUT2D eigenvalue weighted by Crippen LogP contribution is 2.18. The van der Waals surface area contributed by atoms with Gasteiger partial charge in [0.1, 0.15) is 0 Å². The minimum Gasteiger partial charge on any atom is -0.396 e. The van der Waals surface area contributed by atoms with Crippen LogP contribution in [-0.4, -0.2) is 33.7 Å². The summed E-state index contributed by atoms with van der Waals surface area (Å²) in [6.45, 7) is 4.69. The molecule has 0 aliphatic rings. The Kier molecular flexibility index (Phi) is 4.75. The molecule has 0 atom stereocenters. The second-order valence-electron chi connectivity index (χ2n) is 5.84. The molecule has 112 valence electrons. The van der Waals surface area contributed by atoms with E-state index in [2.05, 4.69) is 10.3 Å². The lowest BCUT2D eigenvalue weighted by Crippen LogP contribution is -2.34. The molecule has 5 nitrogen and oxygen atoms in total. The summed E-state index contributed by atoms with van der Waals surface area (Å²) < 4.78 is 1.85. The highest BCUT2D eigenvalue weighted by Gasteiger charge is 2.18. The highest BCUT2D eigenvalue weighted by molar-refractivity contribution is 5.94. The Morgan fingerprint density at radius 3 is 2.90 bits per heavy atom. The Morgan fingerprint density at radius 2 is 2.24 bits per heavy atom. The van der Waals surface area contributed by atoms with Crippen molar-refractivity contribution in [1.29, 1.82) is 0 Å². The molecule has 1 amide bonds. The molecule has 1 aromatic heterocycles. The summed E-state index contributed by atoms with van der Waals surface area (Å²) in [6.07, 6.45) is 5.88. The topological polar surface area (TPSA) is 67.2 Å². The summed E-state index contributed by atoms with van der Waals surface area (Å²) in [5.41, 5.74) is 1.39. The Morgan fingerprint density at radius 1 is 1.43 bits per heavy atom. The number of aliphatic hydroxyl groups excluding tert-OH is 1. The summed E-state index contributed by atoms with van der Waals surface area (Å²) >= 11 is 0. The fourth-order valence-corrected chi connectivity index (χ4v) is 2.03. The van der Waals surface area contributed by atoms with E-state index >= 15 is 0 Å². The molecule has 0 fully saturated rings. The van der Waals surface area contributed by atoms with Crippen molar-refractivity contribution in [2.45, 2.75) is 20.3 Å². The molecule has 0 saturated heterocycles. The van der Waals surface area contributed by atoms with Crippen LogP contribution in [0.15, 0.2) is 43.0 Å². The minimum absolute atomic E-state index is 0.108. The molecule has 0 aliphatic heterocycles. The molecule has 0 bridgehead atoms. The zero-order valence-corrected chi connectivity index (χ0v) is 12.4. The van der Waals surface area contributed by atoms with Gasteiger partial charge in [0.15, 0.2) is 0 Å². The normalized spacial score (nSPS) is 11.4. The van der Waals surface area contributed by atoms with Gasteiger partial charge in [-0.05, 0) is 30.0 Å². The lowest BCUT2D eigenvalue weighted by molar-refractivity contribution is 0.0928. The van der Waals surface area contributed by atoms with Crippen molar-refractivity contribution in [3.8, 4) is 5.69 Å². The van der Waals surface area contributed by atoms with E-state index in [9.17, 15) is 4.79 Å². The second-order valence-corrected chi connectivity index (χ2v) is 5.84. The molecular weight excluding hydrogens is 266 g/mol.